The van der Waals surface area contributed by atoms with Gasteiger partial charge in [-0.05, 0) is 58.0 Å². The average molecular weight is 470 g/mol. The number of hydrogen-bond acceptors (Lipinski definition) is 6. The molecule has 3 aromatic rings. The van der Waals surface area contributed by atoms with Gasteiger partial charge in [0.05, 0.1) is 16.4 Å². The van der Waals surface area contributed by atoms with Crippen molar-refractivity contribution in [3.05, 3.63) is 64.4 Å². The Morgan fingerprint density at radius 2 is 1.85 bits per heavy atom. The molecular formula is C24H24ClN3O5. The van der Waals surface area contributed by atoms with E-state index >= 15 is 0 Å². The number of carbonyl (C=O) groups excluding carboxylic acids is 2. The molecule has 0 saturated heterocycles. The molecule has 2 aromatic carbocycles. The average Bonchev–Trinajstić information content (AvgIpc) is 3.35. The van der Waals surface area contributed by atoms with Crippen molar-refractivity contribution in [3.63, 3.8) is 0 Å². The van der Waals surface area contributed by atoms with Crippen LogP contribution in [0.5, 0.6) is 11.5 Å². The van der Waals surface area contributed by atoms with Crippen molar-refractivity contribution in [2.75, 3.05) is 18.7 Å². The van der Waals surface area contributed by atoms with Gasteiger partial charge in [-0.3, -0.25) is 4.79 Å². The van der Waals surface area contributed by atoms with E-state index in [2.05, 4.69) is 5.10 Å². The van der Waals surface area contributed by atoms with E-state index in [-0.39, 0.29) is 23.4 Å². The highest BCUT2D eigenvalue weighted by Gasteiger charge is 2.27. The van der Waals surface area contributed by atoms with Gasteiger partial charge in [0.15, 0.2) is 17.2 Å². The summed E-state index contributed by atoms with van der Waals surface area (Å²) in [5.74, 6) is 0.388. The van der Waals surface area contributed by atoms with Crippen LogP contribution in [-0.4, -0.2) is 41.1 Å². The van der Waals surface area contributed by atoms with Crippen molar-refractivity contribution in [2.45, 2.75) is 33.3 Å². The van der Waals surface area contributed by atoms with Gasteiger partial charge in [-0.2, -0.15) is 5.10 Å². The number of benzene rings is 2. The number of anilines is 1. The van der Waals surface area contributed by atoms with Crippen LogP contribution in [0.3, 0.4) is 0 Å². The maximum Gasteiger partial charge on any atom is 0.359 e. The lowest BCUT2D eigenvalue weighted by atomic mass is 10.1. The number of hydrogen-bond donors (Lipinski definition) is 0. The second-order valence-electron chi connectivity index (χ2n) is 8.61. The number of esters is 1. The van der Waals surface area contributed by atoms with Gasteiger partial charge < -0.3 is 19.1 Å². The predicted molar refractivity (Wildman–Crippen MR) is 124 cm³/mol. The van der Waals surface area contributed by atoms with Gasteiger partial charge in [0.2, 0.25) is 6.79 Å². The van der Waals surface area contributed by atoms with Crippen LogP contribution >= 0.6 is 11.6 Å². The van der Waals surface area contributed by atoms with Crippen LogP contribution < -0.4 is 14.4 Å². The number of halogens is 1. The van der Waals surface area contributed by atoms with Gasteiger partial charge >= 0.3 is 5.97 Å². The van der Waals surface area contributed by atoms with Crippen molar-refractivity contribution >= 4 is 29.2 Å². The highest BCUT2D eigenvalue weighted by molar-refractivity contribution is 6.34. The molecule has 0 saturated carbocycles. The van der Waals surface area contributed by atoms with Gasteiger partial charge in [0, 0.05) is 24.4 Å². The maximum atomic E-state index is 13.2. The molecule has 1 aliphatic heterocycles. The second kappa shape index (κ2) is 8.44. The lowest BCUT2D eigenvalue weighted by Gasteiger charge is -2.20. The molecule has 0 radical (unpaired) electrons. The largest absolute Gasteiger partial charge is 0.455 e. The smallest absolute Gasteiger partial charge is 0.359 e. The van der Waals surface area contributed by atoms with E-state index in [0.717, 1.165) is 0 Å². The number of aromatic nitrogens is 2. The second-order valence-corrected chi connectivity index (χ2v) is 8.99. The Morgan fingerprint density at radius 1 is 1.12 bits per heavy atom. The van der Waals surface area contributed by atoms with Gasteiger partial charge in [-0.1, -0.05) is 17.7 Å². The van der Waals surface area contributed by atoms with Gasteiger partial charge in [0.1, 0.15) is 5.60 Å². The minimum Gasteiger partial charge on any atom is -0.455 e. The molecule has 0 fully saturated rings. The van der Waals surface area contributed by atoms with Gasteiger partial charge in [-0.15, -0.1) is 0 Å². The Bertz CT molecular complexity index is 1250. The highest BCUT2D eigenvalue weighted by Crippen LogP contribution is 2.35. The van der Waals surface area contributed by atoms with E-state index in [4.69, 9.17) is 25.8 Å². The third kappa shape index (κ3) is 4.52. The van der Waals surface area contributed by atoms with Gasteiger partial charge in [-0.25, -0.2) is 9.48 Å². The summed E-state index contributed by atoms with van der Waals surface area (Å²) in [6.07, 6.45) is 0. The number of fused-ring (bicyclic) bond motifs is 1. The fraction of sp³-hybridized carbons (Fsp3) is 0.292. The summed E-state index contributed by atoms with van der Waals surface area (Å²) in [4.78, 5) is 27.6. The van der Waals surface area contributed by atoms with Crippen LogP contribution in [0.1, 0.15) is 47.3 Å². The molecule has 0 bridgehead atoms. The molecule has 9 heteroatoms. The van der Waals surface area contributed by atoms with E-state index in [9.17, 15) is 9.59 Å². The molecule has 8 nitrogen and oxygen atoms in total. The lowest BCUT2D eigenvalue weighted by Crippen LogP contribution is -2.27. The zero-order valence-electron chi connectivity index (χ0n) is 19.0. The van der Waals surface area contributed by atoms with Gasteiger partial charge in [0.25, 0.3) is 5.91 Å². The first-order valence-electron chi connectivity index (χ1n) is 10.3. The number of ether oxygens (including phenoxy) is 3. The Morgan fingerprint density at radius 3 is 2.58 bits per heavy atom. The molecule has 0 unspecified atom stereocenters. The standard InChI is InChI=1S/C24H24ClN3O5/c1-14-20(25)21(23(30)33-24(2,3)4)28(26-14)17-8-6-7-15(11-17)22(29)27(5)16-9-10-18-19(12-16)32-13-31-18/h6-12H,13H2,1-5H3. The third-order valence-electron chi connectivity index (χ3n) is 4.97. The van der Waals surface area contributed by atoms with Crippen LogP contribution in [0.15, 0.2) is 42.5 Å². The van der Waals surface area contributed by atoms with E-state index in [0.29, 0.717) is 34.1 Å². The zero-order chi connectivity index (χ0) is 23.9. The number of rotatable bonds is 4. The molecule has 0 aliphatic carbocycles. The summed E-state index contributed by atoms with van der Waals surface area (Å²) >= 11 is 6.39. The van der Waals surface area contributed by atoms with Crippen molar-refractivity contribution in [1.82, 2.24) is 9.78 Å². The summed E-state index contributed by atoms with van der Waals surface area (Å²) in [5, 5.41) is 4.61. The highest BCUT2D eigenvalue weighted by atomic mass is 35.5. The van der Waals surface area contributed by atoms with Crippen LogP contribution in [0.25, 0.3) is 5.69 Å². The molecule has 4 rings (SSSR count). The Kier molecular flexibility index (Phi) is 5.80. The monoisotopic (exact) mass is 469 g/mol. The third-order valence-corrected chi connectivity index (χ3v) is 5.42. The predicted octanol–water partition coefficient (Wildman–Crippen LogP) is 4.79. The van der Waals surface area contributed by atoms with E-state index in [1.807, 2.05) is 0 Å². The van der Waals surface area contributed by atoms with Crippen molar-refractivity contribution in [3.8, 4) is 17.2 Å². The molecule has 172 valence electrons. The summed E-state index contributed by atoms with van der Waals surface area (Å²) in [7, 11) is 1.67. The molecule has 0 atom stereocenters. The molecule has 33 heavy (non-hydrogen) atoms. The topological polar surface area (TPSA) is 82.9 Å². The number of carbonyl (C=O) groups is 2. The number of aryl methyl sites for hydroxylation is 1. The summed E-state index contributed by atoms with van der Waals surface area (Å²) in [6.45, 7) is 7.19. The molecule has 1 aromatic heterocycles. The minimum absolute atomic E-state index is 0.109. The van der Waals surface area contributed by atoms with Crippen LogP contribution in [-0.2, 0) is 4.74 Å². The Labute approximate surface area is 196 Å². The number of nitrogens with zero attached hydrogens (tertiary/aromatic N) is 3. The molecule has 1 amide bonds. The SMILES string of the molecule is Cc1nn(-c2cccc(C(=O)N(C)c3ccc4c(c3)OCO4)c2)c(C(=O)OC(C)(C)C)c1Cl. The van der Waals surface area contributed by atoms with Crippen LogP contribution in [0.4, 0.5) is 5.69 Å². The van der Waals surface area contributed by atoms with Crippen molar-refractivity contribution in [2.24, 2.45) is 0 Å². The number of amides is 1. The molecule has 0 spiro atoms. The molecule has 2 heterocycles. The van der Waals surface area contributed by atoms with Crippen molar-refractivity contribution < 1.29 is 23.8 Å². The normalized spacial score (nSPS) is 12.5. The molecule has 1 aliphatic rings. The molecule has 0 N–H and O–H groups in total. The Balaban J connectivity index is 1.67. The fourth-order valence-electron chi connectivity index (χ4n) is 3.37. The minimum atomic E-state index is -0.700. The fourth-order valence-corrected chi connectivity index (χ4v) is 3.57. The lowest BCUT2D eigenvalue weighted by molar-refractivity contribution is 0.00595. The van der Waals surface area contributed by atoms with Crippen molar-refractivity contribution in [1.29, 1.82) is 0 Å². The first-order valence-corrected chi connectivity index (χ1v) is 10.7. The van der Waals surface area contributed by atoms with E-state index in [1.165, 1.54) is 9.58 Å². The summed E-state index contributed by atoms with van der Waals surface area (Å²) in [5.41, 5.74) is 1.46. The van der Waals surface area contributed by atoms with E-state index in [1.54, 1.807) is 77.2 Å². The zero-order valence-corrected chi connectivity index (χ0v) is 19.8. The maximum absolute atomic E-state index is 13.2. The summed E-state index contributed by atoms with van der Waals surface area (Å²) in [6, 6.07) is 12.1. The Hall–Kier alpha value is -3.52. The van der Waals surface area contributed by atoms with Crippen LogP contribution in [0, 0.1) is 6.92 Å². The van der Waals surface area contributed by atoms with Crippen LogP contribution in [0.2, 0.25) is 5.02 Å². The first-order chi connectivity index (χ1) is 15.5. The molecular weight excluding hydrogens is 446 g/mol. The van der Waals surface area contributed by atoms with E-state index < -0.39 is 11.6 Å². The quantitative estimate of drug-likeness (QED) is 0.511. The first kappa shape index (κ1) is 22.7. The summed E-state index contributed by atoms with van der Waals surface area (Å²) < 4.78 is 17.7.